The first kappa shape index (κ1) is 12.9. The molecule has 0 aliphatic carbocycles. The second-order valence-electron chi connectivity index (χ2n) is 4.49. The van der Waals surface area contributed by atoms with Crippen LogP contribution < -0.4 is 5.73 Å². The number of para-hydroxylation sites is 2. The monoisotopic (exact) mass is 246 g/mol. The molecule has 18 heavy (non-hydrogen) atoms. The van der Waals surface area contributed by atoms with E-state index in [2.05, 4.69) is 34.4 Å². The van der Waals surface area contributed by atoms with Gasteiger partial charge in [0.2, 0.25) is 5.95 Å². The van der Waals surface area contributed by atoms with Crippen molar-refractivity contribution < 1.29 is 0 Å². The molecule has 0 saturated carbocycles. The van der Waals surface area contributed by atoms with E-state index in [9.17, 15) is 0 Å². The van der Waals surface area contributed by atoms with Crippen LogP contribution in [0.3, 0.4) is 0 Å². The number of benzene rings is 1. The molecule has 0 saturated heterocycles. The lowest BCUT2D eigenvalue weighted by atomic mass is 10.3. The minimum Gasteiger partial charge on any atom is -0.369 e. The maximum absolute atomic E-state index is 5.97. The molecule has 0 aliphatic rings. The zero-order valence-corrected chi connectivity index (χ0v) is 11.3. The molecule has 0 fully saturated rings. The van der Waals surface area contributed by atoms with Crippen molar-refractivity contribution in [2.24, 2.45) is 0 Å². The Kier molecular flexibility index (Phi) is 4.20. The van der Waals surface area contributed by atoms with Crippen molar-refractivity contribution in [3.63, 3.8) is 0 Å². The molecule has 0 aliphatic heterocycles. The van der Waals surface area contributed by atoms with E-state index in [0.717, 1.165) is 43.6 Å². The molecular weight excluding hydrogens is 224 g/mol. The Labute approximate surface area is 108 Å². The van der Waals surface area contributed by atoms with Gasteiger partial charge in [-0.15, -0.1) is 0 Å². The molecule has 4 nitrogen and oxygen atoms in total. The van der Waals surface area contributed by atoms with Crippen molar-refractivity contribution in [3.05, 3.63) is 24.3 Å². The molecule has 0 amide bonds. The third kappa shape index (κ3) is 2.64. The highest BCUT2D eigenvalue weighted by Crippen LogP contribution is 2.17. The Hall–Kier alpha value is -1.55. The molecule has 1 aromatic heterocycles. The van der Waals surface area contributed by atoms with Crippen LogP contribution in [0.1, 0.15) is 20.3 Å². The molecule has 0 bridgehead atoms. The van der Waals surface area contributed by atoms with Gasteiger partial charge in [-0.1, -0.05) is 26.0 Å². The minimum absolute atomic E-state index is 0.621. The second-order valence-corrected chi connectivity index (χ2v) is 4.49. The van der Waals surface area contributed by atoms with E-state index < -0.39 is 0 Å². The van der Waals surface area contributed by atoms with Crippen LogP contribution in [-0.4, -0.2) is 34.1 Å². The average Bonchev–Trinajstić information content (AvgIpc) is 2.71. The third-order valence-electron chi connectivity index (χ3n) is 3.43. The summed E-state index contributed by atoms with van der Waals surface area (Å²) in [6.45, 7) is 8.66. The number of aromatic nitrogens is 2. The molecule has 2 aromatic rings. The standard InChI is InChI=1S/C14H22N4/c1-3-17(4-2)10-7-11-18-13-9-6-5-8-12(13)16-14(18)15/h5-6,8-9H,3-4,7,10-11H2,1-2H3,(H2,15,16). The number of nitrogen functional groups attached to an aromatic ring is 1. The summed E-state index contributed by atoms with van der Waals surface area (Å²) < 4.78 is 2.11. The smallest absolute Gasteiger partial charge is 0.201 e. The van der Waals surface area contributed by atoms with Gasteiger partial charge in [-0.3, -0.25) is 0 Å². The van der Waals surface area contributed by atoms with E-state index in [1.165, 1.54) is 0 Å². The fourth-order valence-corrected chi connectivity index (χ4v) is 2.32. The van der Waals surface area contributed by atoms with Crippen molar-refractivity contribution in [2.45, 2.75) is 26.8 Å². The molecule has 4 heteroatoms. The summed E-state index contributed by atoms with van der Waals surface area (Å²) in [6.07, 6.45) is 1.10. The van der Waals surface area contributed by atoms with Crippen molar-refractivity contribution in [1.29, 1.82) is 0 Å². The quantitative estimate of drug-likeness (QED) is 0.851. The summed E-state index contributed by atoms with van der Waals surface area (Å²) in [5, 5.41) is 0. The van der Waals surface area contributed by atoms with Gasteiger partial charge in [0, 0.05) is 6.54 Å². The maximum Gasteiger partial charge on any atom is 0.201 e. The van der Waals surface area contributed by atoms with Gasteiger partial charge >= 0.3 is 0 Å². The van der Waals surface area contributed by atoms with E-state index in [-0.39, 0.29) is 0 Å². The number of aryl methyl sites for hydroxylation is 1. The molecular formula is C14H22N4. The maximum atomic E-state index is 5.97. The molecule has 2 N–H and O–H groups in total. The lowest BCUT2D eigenvalue weighted by Gasteiger charge is -2.18. The highest BCUT2D eigenvalue weighted by molar-refractivity contribution is 5.78. The molecule has 1 heterocycles. The first-order valence-electron chi connectivity index (χ1n) is 6.69. The zero-order chi connectivity index (χ0) is 13.0. The van der Waals surface area contributed by atoms with Crippen LogP contribution in [0.4, 0.5) is 5.95 Å². The zero-order valence-electron chi connectivity index (χ0n) is 11.3. The van der Waals surface area contributed by atoms with Crippen LogP contribution in [0.25, 0.3) is 11.0 Å². The Morgan fingerprint density at radius 3 is 2.67 bits per heavy atom. The predicted molar refractivity (Wildman–Crippen MR) is 76.6 cm³/mol. The molecule has 0 unspecified atom stereocenters. The molecule has 0 atom stereocenters. The highest BCUT2D eigenvalue weighted by atomic mass is 15.2. The van der Waals surface area contributed by atoms with Crippen LogP contribution in [-0.2, 0) is 6.54 Å². The van der Waals surface area contributed by atoms with Crippen LogP contribution in [0.2, 0.25) is 0 Å². The lowest BCUT2D eigenvalue weighted by Crippen LogP contribution is -2.25. The Bertz CT molecular complexity index is 499. The fraction of sp³-hybridized carbons (Fsp3) is 0.500. The van der Waals surface area contributed by atoms with Gasteiger partial charge in [0.25, 0.3) is 0 Å². The number of rotatable bonds is 6. The molecule has 0 radical (unpaired) electrons. The highest BCUT2D eigenvalue weighted by Gasteiger charge is 2.07. The van der Waals surface area contributed by atoms with E-state index in [1.807, 2.05) is 18.2 Å². The molecule has 0 spiro atoms. The van der Waals surface area contributed by atoms with Gasteiger partial charge in [0.15, 0.2) is 0 Å². The van der Waals surface area contributed by atoms with Crippen LogP contribution in [0, 0.1) is 0 Å². The Balaban J connectivity index is 2.05. The predicted octanol–water partition coefficient (Wildman–Crippen LogP) is 2.35. The van der Waals surface area contributed by atoms with Crippen molar-refractivity contribution in [3.8, 4) is 0 Å². The van der Waals surface area contributed by atoms with E-state index in [4.69, 9.17) is 5.73 Å². The number of nitrogens with two attached hydrogens (primary N) is 1. The first-order chi connectivity index (χ1) is 8.76. The Morgan fingerprint density at radius 1 is 1.22 bits per heavy atom. The molecule has 1 aromatic carbocycles. The summed E-state index contributed by atoms with van der Waals surface area (Å²) >= 11 is 0. The number of nitrogens with zero attached hydrogens (tertiary/aromatic N) is 3. The molecule has 2 rings (SSSR count). The van der Waals surface area contributed by atoms with Crippen LogP contribution in [0.5, 0.6) is 0 Å². The number of imidazole rings is 1. The third-order valence-corrected chi connectivity index (χ3v) is 3.43. The van der Waals surface area contributed by atoms with Crippen molar-refractivity contribution in [1.82, 2.24) is 14.5 Å². The summed E-state index contributed by atoms with van der Waals surface area (Å²) in [7, 11) is 0. The minimum atomic E-state index is 0.621. The normalized spacial score (nSPS) is 11.5. The Morgan fingerprint density at radius 2 is 1.94 bits per heavy atom. The fourth-order valence-electron chi connectivity index (χ4n) is 2.32. The second kappa shape index (κ2) is 5.87. The summed E-state index contributed by atoms with van der Waals surface area (Å²) in [5.41, 5.74) is 8.09. The summed E-state index contributed by atoms with van der Waals surface area (Å²) in [5.74, 6) is 0.621. The largest absolute Gasteiger partial charge is 0.369 e. The van der Waals surface area contributed by atoms with Crippen molar-refractivity contribution >= 4 is 17.0 Å². The number of hydrogen-bond acceptors (Lipinski definition) is 3. The van der Waals surface area contributed by atoms with Crippen LogP contribution >= 0.6 is 0 Å². The van der Waals surface area contributed by atoms with Gasteiger partial charge in [0.05, 0.1) is 11.0 Å². The van der Waals surface area contributed by atoms with Gasteiger partial charge in [-0.25, -0.2) is 4.98 Å². The van der Waals surface area contributed by atoms with Gasteiger partial charge in [-0.05, 0) is 38.2 Å². The number of hydrogen-bond donors (Lipinski definition) is 1. The summed E-state index contributed by atoms with van der Waals surface area (Å²) in [4.78, 5) is 6.80. The summed E-state index contributed by atoms with van der Waals surface area (Å²) in [6, 6.07) is 8.11. The number of anilines is 1. The van der Waals surface area contributed by atoms with Crippen molar-refractivity contribution in [2.75, 3.05) is 25.4 Å². The number of fused-ring (bicyclic) bond motifs is 1. The SMILES string of the molecule is CCN(CC)CCCn1c(N)nc2ccccc21. The van der Waals surface area contributed by atoms with E-state index >= 15 is 0 Å². The van der Waals surface area contributed by atoms with E-state index in [0.29, 0.717) is 5.95 Å². The topological polar surface area (TPSA) is 47.1 Å². The average molecular weight is 246 g/mol. The molecule has 98 valence electrons. The van der Waals surface area contributed by atoms with Crippen LogP contribution in [0.15, 0.2) is 24.3 Å². The van der Waals surface area contributed by atoms with Gasteiger partial charge in [0.1, 0.15) is 0 Å². The van der Waals surface area contributed by atoms with Gasteiger partial charge < -0.3 is 15.2 Å². The van der Waals surface area contributed by atoms with E-state index in [1.54, 1.807) is 0 Å². The first-order valence-corrected chi connectivity index (χ1v) is 6.69. The van der Waals surface area contributed by atoms with Gasteiger partial charge in [-0.2, -0.15) is 0 Å². The lowest BCUT2D eigenvalue weighted by molar-refractivity contribution is 0.294.